The zero-order valence-electron chi connectivity index (χ0n) is 22.8. The van der Waals surface area contributed by atoms with Crippen LogP contribution < -0.4 is 14.2 Å². The maximum atomic E-state index is 13.8. The Hall–Kier alpha value is -3.33. The summed E-state index contributed by atoms with van der Waals surface area (Å²) in [7, 11) is -1.13. The Morgan fingerprint density at radius 3 is 2.28 bits per heavy atom. The lowest BCUT2D eigenvalue weighted by Gasteiger charge is -2.26. The Bertz CT molecular complexity index is 1340. The van der Waals surface area contributed by atoms with Gasteiger partial charge in [0, 0.05) is 12.4 Å². The summed E-state index contributed by atoms with van der Waals surface area (Å²) in [5, 5.41) is 7.37. The summed E-state index contributed by atoms with van der Waals surface area (Å²) >= 11 is 0. The molecule has 0 unspecified atom stereocenters. The van der Waals surface area contributed by atoms with Gasteiger partial charge in [-0.15, -0.1) is 10.2 Å². The Balaban J connectivity index is 1.79. The second-order valence-corrected chi connectivity index (χ2v) is 11.3. The van der Waals surface area contributed by atoms with E-state index in [1.807, 2.05) is 20.8 Å². The first-order valence-electron chi connectivity index (χ1n) is 12.5. The van der Waals surface area contributed by atoms with Gasteiger partial charge in [-0.1, -0.05) is 6.07 Å². The number of aromatic nitrogens is 5. The maximum absolute atomic E-state index is 13.8. The molecular weight excluding hydrogens is 528 g/mol. The molecule has 3 aromatic rings. The van der Waals surface area contributed by atoms with E-state index in [2.05, 4.69) is 24.9 Å². The van der Waals surface area contributed by atoms with Gasteiger partial charge >= 0.3 is 0 Å². The third kappa shape index (κ3) is 6.30. The van der Waals surface area contributed by atoms with E-state index in [-0.39, 0.29) is 24.5 Å². The van der Waals surface area contributed by atoms with Gasteiger partial charge < -0.3 is 23.7 Å². The molecule has 1 aliphatic heterocycles. The van der Waals surface area contributed by atoms with Crippen LogP contribution in [0.4, 0.5) is 5.95 Å². The third-order valence-corrected chi connectivity index (χ3v) is 7.73. The van der Waals surface area contributed by atoms with Crippen LogP contribution in [0.25, 0.3) is 5.69 Å². The van der Waals surface area contributed by atoms with Gasteiger partial charge in [0.05, 0.1) is 40.1 Å². The lowest BCUT2D eigenvalue weighted by Crippen LogP contribution is -2.35. The number of hydrogen-bond acceptors (Lipinski definition) is 11. The van der Waals surface area contributed by atoms with Gasteiger partial charge in [0.1, 0.15) is 34.6 Å². The first-order valence-corrected chi connectivity index (χ1v) is 14.0. The number of para-hydroxylation sites is 1. The number of aryl methyl sites for hydroxylation is 1. The van der Waals surface area contributed by atoms with Gasteiger partial charge in [-0.25, -0.2) is 18.4 Å². The van der Waals surface area contributed by atoms with Gasteiger partial charge in [0.2, 0.25) is 16.0 Å². The fourth-order valence-corrected chi connectivity index (χ4v) is 5.17. The minimum Gasteiger partial charge on any atom is -0.494 e. The number of methoxy groups -OCH3 is 2. The fourth-order valence-electron chi connectivity index (χ4n) is 4.09. The SMILES string of the molecule is COc1cccc(OC)c1-n1c(NS(=O)(=O)[C@@H](C)[C@@H](OC(C)C)c2ncc(C)cn2)nnc1[C@@H]1COCCO1. The molecule has 1 saturated heterocycles. The monoisotopic (exact) mass is 562 g/mol. The molecular formula is C25H34N6O7S. The predicted molar refractivity (Wildman–Crippen MR) is 142 cm³/mol. The highest BCUT2D eigenvalue weighted by Gasteiger charge is 2.37. The molecule has 0 amide bonds. The molecule has 2 aromatic heterocycles. The van der Waals surface area contributed by atoms with E-state index in [1.165, 1.54) is 25.7 Å². The molecule has 0 saturated carbocycles. The van der Waals surface area contributed by atoms with Crippen LogP contribution >= 0.6 is 0 Å². The molecule has 1 fully saturated rings. The maximum Gasteiger partial charge on any atom is 0.243 e. The van der Waals surface area contributed by atoms with Crippen molar-refractivity contribution in [2.24, 2.45) is 0 Å². The standard InChI is InChI=1S/C25H34N6O7S/c1-15(2)38-22(23-26-12-16(3)13-27-23)17(4)39(32,33)30-25-29-28-24(20-14-36-10-11-37-20)31(25)21-18(34-5)8-7-9-19(21)35-6/h7-9,12-13,15,17,20,22H,10-11,14H2,1-6H3,(H,29,30)/t17-,20-,22+/m0/s1. The second-order valence-electron chi connectivity index (χ2n) is 9.24. The first-order chi connectivity index (χ1) is 18.7. The van der Waals surface area contributed by atoms with Crippen LogP contribution in [0.1, 0.15) is 50.2 Å². The molecule has 0 bridgehead atoms. The van der Waals surface area contributed by atoms with Gasteiger partial charge in [-0.3, -0.25) is 9.29 Å². The van der Waals surface area contributed by atoms with E-state index in [9.17, 15) is 8.42 Å². The average molecular weight is 563 g/mol. The van der Waals surface area contributed by atoms with E-state index in [1.54, 1.807) is 30.6 Å². The number of nitrogens with zero attached hydrogens (tertiary/aromatic N) is 5. The summed E-state index contributed by atoms with van der Waals surface area (Å²) < 4.78 is 60.3. The molecule has 0 aliphatic carbocycles. The van der Waals surface area contributed by atoms with Gasteiger partial charge in [-0.05, 0) is 45.4 Å². The highest BCUT2D eigenvalue weighted by Crippen LogP contribution is 2.38. The Morgan fingerprint density at radius 1 is 1.05 bits per heavy atom. The first kappa shape index (κ1) is 28.7. The van der Waals surface area contributed by atoms with Crippen molar-refractivity contribution < 1.29 is 32.1 Å². The second kappa shape index (κ2) is 12.2. The van der Waals surface area contributed by atoms with Crippen molar-refractivity contribution in [1.29, 1.82) is 0 Å². The van der Waals surface area contributed by atoms with E-state index < -0.39 is 27.5 Å². The minimum atomic E-state index is -4.14. The van der Waals surface area contributed by atoms with Crippen LogP contribution in [-0.4, -0.2) is 78.5 Å². The summed E-state index contributed by atoms with van der Waals surface area (Å²) in [6.07, 6.45) is 1.41. The number of sulfonamides is 1. The van der Waals surface area contributed by atoms with Crippen molar-refractivity contribution in [2.75, 3.05) is 38.8 Å². The summed E-state index contributed by atoms with van der Waals surface area (Å²) in [6.45, 7) is 8.02. The fraction of sp³-hybridized carbons (Fsp3) is 0.520. The van der Waals surface area contributed by atoms with Crippen LogP contribution in [0.5, 0.6) is 11.5 Å². The van der Waals surface area contributed by atoms with Crippen LogP contribution in [-0.2, 0) is 24.2 Å². The summed E-state index contributed by atoms with van der Waals surface area (Å²) in [5.74, 6) is 1.32. The number of benzene rings is 1. The molecule has 0 spiro atoms. The number of anilines is 1. The molecule has 3 atom stereocenters. The van der Waals surface area contributed by atoms with E-state index in [0.717, 1.165) is 5.56 Å². The number of hydrogen-bond donors (Lipinski definition) is 1. The molecule has 1 aliphatic rings. The normalized spacial score (nSPS) is 17.6. The smallest absolute Gasteiger partial charge is 0.243 e. The molecule has 1 N–H and O–H groups in total. The van der Waals surface area contributed by atoms with Crippen LogP contribution in [0.2, 0.25) is 0 Å². The highest BCUT2D eigenvalue weighted by molar-refractivity contribution is 7.93. The molecule has 212 valence electrons. The number of rotatable bonds is 11. The predicted octanol–water partition coefficient (Wildman–Crippen LogP) is 2.77. The Kier molecular flexibility index (Phi) is 9.00. The van der Waals surface area contributed by atoms with E-state index in [4.69, 9.17) is 23.7 Å². The Labute approximate surface area is 227 Å². The van der Waals surface area contributed by atoms with Crippen molar-refractivity contribution in [1.82, 2.24) is 24.7 Å². The summed E-state index contributed by atoms with van der Waals surface area (Å²) in [5.41, 5.74) is 1.25. The quantitative estimate of drug-likeness (QED) is 0.368. The zero-order valence-corrected chi connectivity index (χ0v) is 23.6. The molecule has 3 heterocycles. The number of nitrogens with one attached hydrogen (secondary N) is 1. The number of ether oxygens (including phenoxy) is 5. The topological polar surface area (TPSA) is 149 Å². The van der Waals surface area contributed by atoms with Crippen molar-refractivity contribution in [3.05, 3.63) is 47.8 Å². The van der Waals surface area contributed by atoms with Crippen molar-refractivity contribution in [3.63, 3.8) is 0 Å². The average Bonchev–Trinajstić information content (AvgIpc) is 3.33. The summed E-state index contributed by atoms with van der Waals surface area (Å²) in [6, 6.07) is 5.21. The highest BCUT2D eigenvalue weighted by atomic mass is 32.2. The van der Waals surface area contributed by atoms with Gasteiger partial charge in [0.15, 0.2) is 11.6 Å². The molecule has 4 rings (SSSR count). The summed E-state index contributed by atoms with van der Waals surface area (Å²) in [4.78, 5) is 8.65. The van der Waals surface area contributed by atoms with Gasteiger partial charge in [-0.2, -0.15) is 0 Å². The lowest BCUT2D eigenvalue weighted by atomic mass is 10.2. The van der Waals surface area contributed by atoms with Crippen LogP contribution in [0, 0.1) is 6.92 Å². The van der Waals surface area contributed by atoms with Crippen molar-refractivity contribution in [3.8, 4) is 17.2 Å². The molecule has 0 radical (unpaired) electrons. The largest absolute Gasteiger partial charge is 0.494 e. The Morgan fingerprint density at radius 2 is 1.72 bits per heavy atom. The van der Waals surface area contributed by atoms with Crippen molar-refractivity contribution >= 4 is 16.0 Å². The van der Waals surface area contributed by atoms with Crippen LogP contribution in [0.15, 0.2) is 30.6 Å². The van der Waals surface area contributed by atoms with Crippen LogP contribution in [0.3, 0.4) is 0 Å². The van der Waals surface area contributed by atoms with Crippen molar-refractivity contribution in [2.45, 2.75) is 51.3 Å². The zero-order chi connectivity index (χ0) is 28.2. The third-order valence-electron chi connectivity index (χ3n) is 6.04. The minimum absolute atomic E-state index is 0.0815. The van der Waals surface area contributed by atoms with E-state index >= 15 is 0 Å². The molecule has 1 aromatic carbocycles. The van der Waals surface area contributed by atoms with Gasteiger partial charge in [0.25, 0.3) is 0 Å². The molecule has 39 heavy (non-hydrogen) atoms. The molecule has 14 heteroatoms. The lowest BCUT2D eigenvalue weighted by molar-refractivity contribution is -0.0941. The van der Waals surface area contributed by atoms with E-state index in [0.29, 0.717) is 36.2 Å². The molecule has 13 nitrogen and oxygen atoms in total.